The third-order valence-corrected chi connectivity index (χ3v) is 4.42. The predicted octanol–water partition coefficient (Wildman–Crippen LogP) is 1.39. The average molecular weight is 273 g/mol. The lowest BCUT2D eigenvalue weighted by molar-refractivity contribution is -0.123. The molecule has 0 aromatic rings. The smallest absolute Gasteiger partial charge is 0.224 e. The zero-order valence-corrected chi connectivity index (χ0v) is 12.6. The fourth-order valence-corrected chi connectivity index (χ4v) is 2.79. The number of nitrogens with one attached hydrogen (secondary N) is 1. The van der Waals surface area contributed by atoms with Crippen molar-refractivity contribution in [3.05, 3.63) is 11.6 Å². The van der Waals surface area contributed by atoms with E-state index in [0.717, 1.165) is 0 Å². The van der Waals surface area contributed by atoms with Gasteiger partial charge in [-0.25, -0.2) is 8.42 Å². The van der Waals surface area contributed by atoms with Gasteiger partial charge in [0.05, 0.1) is 11.7 Å². The lowest BCUT2D eigenvalue weighted by Gasteiger charge is -2.05. The van der Waals surface area contributed by atoms with Crippen molar-refractivity contribution in [2.45, 2.75) is 27.7 Å². The second kappa shape index (κ2) is 5.03. The van der Waals surface area contributed by atoms with Gasteiger partial charge < -0.3 is 5.32 Å². The summed E-state index contributed by atoms with van der Waals surface area (Å²) in [6.07, 6.45) is 3.30. The fourth-order valence-electron chi connectivity index (χ4n) is 2.32. The van der Waals surface area contributed by atoms with Gasteiger partial charge in [0.1, 0.15) is 9.84 Å². The summed E-state index contributed by atoms with van der Waals surface area (Å²) in [5, 5.41) is 2.71. The minimum Gasteiger partial charge on any atom is -0.355 e. The summed E-state index contributed by atoms with van der Waals surface area (Å²) >= 11 is 0. The molecule has 2 atom stereocenters. The first-order valence-corrected chi connectivity index (χ1v) is 8.22. The van der Waals surface area contributed by atoms with Crippen molar-refractivity contribution < 1.29 is 13.2 Å². The number of hydrogen-bond donors (Lipinski definition) is 1. The first-order valence-electron chi connectivity index (χ1n) is 6.16. The molecule has 1 aliphatic rings. The molecule has 0 aromatic heterocycles. The van der Waals surface area contributed by atoms with Crippen molar-refractivity contribution in [3.8, 4) is 0 Å². The minimum atomic E-state index is -3.01. The van der Waals surface area contributed by atoms with Crippen LogP contribution in [0.2, 0.25) is 0 Å². The highest BCUT2D eigenvalue weighted by molar-refractivity contribution is 7.90. The fraction of sp³-hybridized carbons (Fsp3) is 0.769. The third-order valence-electron chi connectivity index (χ3n) is 3.48. The van der Waals surface area contributed by atoms with Crippen LogP contribution in [0, 0.1) is 17.3 Å². The Balaban J connectivity index is 2.52. The van der Waals surface area contributed by atoms with Gasteiger partial charge in [-0.05, 0) is 25.2 Å². The molecule has 5 heteroatoms. The van der Waals surface area contributed by atoms with Gasteiger partial charge in [0.25, 0.3) is 0 Å². The Labute approximate surface area is 110 Å². The Morgan fingerprint density at radius 2 is 1.89 bits per heavy atom. The zero-order chi connectivity index (χ0) is 14.1. The molecule has 1 saturated carbocycles. The van der Waals surface area contributed by atoms with Crippen molar-refractivity contribution in [1.82, 2.24) is 5.32 Å². The van der Waals surface area contributed by atoms with E-state index < -0.39 is 9.84 Å². The van der Waals surface area contributed by atoms with E-state index in [1.807, 2.05) is 13.8 Å². The molecule has 1 aliphatic carbocycles. The SMILES string of the molecule is CC(C)=CC1C(C(=O)NCCS(C)(=O)=O)C1(C)C. The number of hydrogen-bond acceptors (Lipinski definition) is 3. The summed E-state index contributed by atoms with van der Waals surface area (Å²) in [6.45, 7) is 8.38. The minimum absolute atomic E-state index is 0.000794. The molecular formula is C13H23NO3S. The molecule has 0 heterocycles. The van der Waals surface area contributed by atoms with Crippen LogP contribution in [-0.4, -0.2) is 32.9 Å². The molecule has 0 aromatic carbocycles. The molecule has 1 rings (SSSR count). The van der Waals surface area contributed by atoms with E-state index in [2.05, 4.69) is 25.2 Å². The molecule has 0 spiro atoms. The van der Waals surface area contributed by atoms with Crippen LogP contribution in [0.4, 0.5) is 0 Å². The van der Waals surface area contributed by atoms with Gasteiger partial charge in [-0.15, -0.1) is 0 Å². The lowest BCUT2D eigenvalue weighted by atomic mass is 10.1. The Morgan fingerprint density at radius 3 is 2.33 bits per heavy atom. The Morgan fingerprint density at radius 1 is 1.33 bits per heavy atom. The maximum atomic E-state index is 12.0. The number of amides is 1. The molecule has 1 fully saturated rings. The lowest BCUT2D eigenvalue weighted by Crippen LogP contribution is -2.31. The molecule has 0 aliphatic heterocycles. The standard InChI is InChI=1S/C13H23NO3S/c1-9(2)8-10-11(13(10,3)4)12(15)14-6-7-18(5,16)17/h8,10-11H,6-7H2,1-5H3,(H,14,15). The summed E-state index contributed by atoms with van der Waals surface area (Å²) in [6, 6.07) is 0. The molecule has 18 heavy (non-hydrogen) atoms. The largest absolute Gasteiger partial charge is 0.355 e. The molecule has 4 nitrogen and oxygen atoms in total. The quantitative estimate of drug-likeness (QED) is 0.770. The van der Waals surface area contributed by atoms with Crippen molar-refractivity contribution in [3.63, 3.8) is 0 Å². The maximum Gasteiger partial charge on any atom is 0.224 e. The number of allylic oxidation sites excluding steroid dienone is 2. The van der Waals surface area contributed by atoms with Crippen molar-refractivity contribution in [2.24, 2.45) is 17.3 Å². The van der Waals surface area contributed by atoms with Gasteiger partial charge in [-0.2, -0.15) is 0 Å². The topological polar surface area (TPSA) is 63.2 Å². The molecule has 1 amide bonds. The molecule has 0 bridgehead atoms. The van der Waals surface area contributed by atoms with E-state index in [9.17, 15) is 13.2 Å². The highest BCUT2D eigenvalue weighted by Gasteiger charge is 2.60. The van der Waals surface area contributed by atoms with Gasteiger partial charge in [0.2, 0.25) is 5.91 Å². The zero-order valence-electron chi connectivity index (χ0n) is 11.8. The van der Waals surface area contributed by atoms with Crippen LogP contribution < -0.4 is 5.32 Å². The van der Waals surface area contributed by atoms with E-state index in [-0.39, 0.29) is 35.5 Å². The molecular weight excluding hydrogens is 250 g/mol. The first kappa shape index (κ1) is 15.2. The molecule has 0 radical (unpaired) electrons. The normalized spacial score (nSPS) is 25.4. The number of sulfone groups is 1. The van der Waals surface area contributed by atoms with E-state index in [1.54, 1.807) is 0 Å². The molecule has 2 unspecified atom stereocenters. The summed E-state index contributed by atoms with van der Waals surface area (Å²) in [7, 11) is -3.01. The monoisotopic (exact) mass is 273 g/mol. The van der Waals surface area contributed by atoms with E-state index in [1.165, 1.54) is 11.8 Å². The van der Waals surface area contributed by atoms with Crippen molar-refractivity contribution in [1.29, 1.82) is 0 Å². The Bertz CT molecular complexity index is 459. The Hall–Kier alpha value is -0.840. The van der Waals surface area contributed by atoms with Gasteiger partial charge >= 0.3 is 0 Å². The van der Waals surface area contributed by atoms with Gasteiger partial charge in [-0.1, -0.05) is 25.5 Å². The van der Waals surface area contributed by atoms with E-state index >= 15 is 0 Å². The van der Waals surface area contributed by atoms with Gasteiger partial charge in [0.15, 0.2) is 0 Å². The number of carbonyl (C=O) groups is 1. The summed E-state index contributed by atoms with van der Waals surface area (Å²) < 4.78 is 21.9. The van der Waals surface area contributed by atoms with E-state index in [4.69, 9.17) is 0 Å². The molecule has 0 saturated heterocycles. The maximum absolute atomic E-state index is 12.0. The Kier molecular flexibility index (Phi) is 4.26. The van der Waals surface area contributed by atoms with Gasteiger partial charge in [0, 0.05) is 12.8 Å². The number of rotatable bonds is 5. The van der Waals surface area contributed by atoms with Crippen molar-refractivity contribution >= 4 is 15.7 Å². The van der Waals surface area contributed by atoms with Crippen LogP contribution in [0.5, 0.6) is 0 Å². The predicted molar refractivity (Wildman–Crippen MR) is 72.9 cm³/mol. The summed E-state index contributed by atoms with van der Waals surface area (Å²) in [5.41, 5.74) is 1.19. The molecule has 104 valence electrons. The van der Waals surface area contributed by atoms with Crippen LogP contribution in [0.25, 0.3) is 0 Å². The van der Waals surface area contributed by atoms with Crippen LogP contribution in [0.3, 0.4) is 0 Å². The molecule has 1 N–H and O–H groups in total. The second-order valence-corrected chi connectivity index (χ2v) is 8.25. The average Bonchev–Trinajstić information content (AvgIpc) is 2.64. The van der Waals surface area contributed by atoms with Crippen LogP contribution in [0.15, 0.2) is 11.6 Å². The van der Waals surface area contributed by atoms with Gasteiger partial charge in [-0.3, -0.25) is 4.79 Å². The van der Waals surface area contributed by atoms with Crippen LogP contribution in [0.1, 0.15) is 27.7 Å². The van der Waals surface area contributed by atoms with Crippen LogP contribution >= 0.6 is 0 Å². The summed E-state index contributed by atoms with van der Waals surface area (Å²) in [5.74, 6) is 0.193. The highest BCUT2D eigenvalue weighted by Crippen LogP contribution is 2.59. The number of carbonyl (C=O) groups excluding carboxylic acids is 1. The van der Waals surface area contributed by atoms with Crippen molar-refractivity contribution in [2.75, 3.05) is 18.6 Å². The first-order chi connectivity index (χ1) is 8.05. The highest BCUT2D eigenvalue weighted by atomic mass is 32.2. The second-order valence-electron chi connectivity index (χ2n) is 5.99. The van der Waals surface area contributed by atoms with E-state index in [0.29, 0.717) is 0 Å². The van der Waals surface area contributed by atoms with Crippen LogP contribution in [-0.2, 0) is 14.6 Å². The summed E-state index contributed by atoms with van der Waals surface area (Å²) in [4.78, 5) is 12.0. The third kappa shape index (κ3) is 3.83.